The molecule has 5 rings (SSSR count). The number of halogens is 6. The molecule has 0 heterocycles. The number of hydrogen-bond acceptors (Lipinski definition) is 21. The van der Waals surface area contributed by atoms with Crippen LogP contribution in [0.5, 0.6) is 28.7 Å². The van der Waals surface area contributed by atoms with Gasteiger partial charge in [0.2, 0.25) is 6.10 Å². The zero-order chi connectivity index (χ0) is 65.4. The fourth-order valence-corrected chi connectivity index (χ4v) is 7.68. The van der Waals surface area contributed by atoms with Crippen molar-refractivity contribution in [3.63, 3.8) is 0 Å². The zero-order valence-corrected chi connectivity index (χ0v) is 51.3. The van der Waals surface area contributed by atoms with E-state index in [4.69, 9.17) is 43.6 Å². The lowest BCUT2D eigenvalue weighted by Crippen LogP contribution is -2.22. The van der Waals surface area contributed by atoms with Crippen LogP contribution in [0.2, 0.25) is 0 Å². The maximum absolute atomic E-state index is 14.1. The van der Waals surface area contributed by atoms with Crippen molar-refractivity contribution < 1.29 is 116 Å². The maximum Gasteiger partial charge on any atom is 0.379 e. The summed E-state index contributed by atoms with van der Waals surface area (Å²) in [5.41, 5.74) is 5.36. The highest BCUT2D eigenvalue weighted by molar-refractivity contribution is 9.09. The SMILES string of the molecule is CCOC(=O)/C(=C(/C)N)c1cccc(OC)c1F.CCOC(=O)C(=O)c1cccc(OC)c1F.CCOC(=O)C(Br)c1cccc(OC)c1F.CCOC(=O)C(O)c1cccc(OC)c1F.CCOC(=O)C(OS(C)(=O)=O)c1cccc(OC)c1F. The van der Waals surface area contributed by atoms with Crippen LogP contribution in [0.1, 0.15) is 91.2 Å². The van der Waals surface area contributed by atoms with E-state index in [1.165, 1.54) is 128 Å². The molecule has 0 aliphatic carbocycles. The summed E-state index contributed by atoms with van der Waals surface area (Å²) < 4.78 is 143. The number of Topliss-reactive ketones (excluding diaryl/α,β-unsaturated/α-hetero) is 1. The van der Waals surface area contributed by atoms with Gasteiger partial charge in [-0.25, -0.2) is 45.3 Å². The fraction of sp³-hybridized carbons (Fsp3) is 0.345. The third-order valence-electron chi connectivity index (χ3n) is 10.5. The largest absolute Gasteiger partial charge is 0.494 e. The zero-order valence-electron chi connectivity index (χ0n) is 48.9. The van der Waals surface area contributed by atoms with Crippen molar-refractivity contribution in [3.8, 4) is 28.7 Å². The van der Waals surface area contributed by atoms with E-state index in [9.17, 15) is 64.2 Å². The molecule has 3 unspecified atom stereocenters. The number of methoxy groups -OCH3 is 5. The van der Waals surface area contributed by atoms with Gasteiger partial charge in [-0.15, -0.1) is 0 Å². The number of allylic oxidation sites excluding steroid dienone is 1. The van der Waals surface area contributed by atoms with Crippen LogP contribution < -0.4 is 29.4 Å². The second-order valence-corrected chi connectivity index (χ2v) is 18.8. The minimum Gasteiger partial charge on any atom is -0.494 e. The lowest BCUT2D eigenvalue weighted by molar-refractivity contribution is -0.153. The van der Waals surface area contributed by atoms with Crippen LogP contribution in [0.4, 0.5) is 22.0 Å². The number of rotatable bonds is 22. The Balaban J connectivity index is 0.000000539. The van der Waals surface area contributed by atoms with Gasteiger partial charge in [0.15, 0.2) is 63.9 Å². The Morgan fingerprint density at radius 2 is 0.826 bits per heavy atom. The first-order valence-electron chi connectivity index (χ1n) is 25.3. The van der Waals surface area contributed by atoms with Gasteiger partial charge in [0.25, 0.3) is 15.9 Å². The molecular weight excluding hydrogens is 1240 g/mol. The first-order chi connectivity index (χ1) is 40.7. The normalized spacial score (nSPS) is 11.7. The number of ketones is 1. The first-order valence-corrected chi connectivity index (χ1v) is 28.1. The highest BCUT2D eigenvalue weighted by Gasteiger charge is 2.32. The molecule has 0 saturated heterocycles. The molecule has 5 aromatic carbocycles. The van der Waals surface area contributed by atoms with Crippen LogP contribution in [0.3, 0.4) is 0 Å². The van der Waals surface area contributed by atoms with Gasteiger partial charge in [-0.3, -0.25) is 9.59 Å². The van der Waals surface area contributed by atoms with Crippen molar-refractivity contribution in [2.24, 2.45) is 5.73 Å². The molecule has 86 heavy (non-hydrogen) atoms. The molecule has 21 nitrogen and oxygen atoms in total. The van der Waals surface area contributed by atoms with Gasteiger partial charge in [-0.1, -0.05) is 70.5 Å². The number of nitrogens with two attached hydrogens (primary N) is 1. The Kier molecular flexibility index (Phi) is 33.9. The van der Waals surface area contributed by atoms with Gasteiger partial charge < -0.3 is 58.2 Å². The summed E-state index contributed by atoms with van der Waals surface area (Å²) in [5.74, 6) is -8.91. The van der Waals surface area contributed by atoms with Crippen LogP contribution >= 0.6 is 15.9 Å². The average Bonchev–Trinajstić information content (AvgIpc) is 3.35. The molecule has 472 valence electrons. The monoisotopic (exact) mass is 1300 g/mol. The van der Waals surface area contributed by atoms with E-state index in [-0.39, 0.29) is 101 Å². The van der Waals surface area contributed by atoms with E-state index in [1.54, 1.807) is 39.8 Å². The lowest BCUT2D eigenvalue weighted by atomic mass is 10.0. The molecule has 0 radical (unpaired) electrons. The van der Waals surface area contributed by atoms with Crippen molar-refractivity contribution in [2.75, 3.05) is 74.8 Å². The van der Waals surface area contributed by atoms with Crippen LogP contribution in [0.15, 0.2) is 96.7 Å². The Hall–Kier alpha value is -8.34. The quantitative estimate of drug-likeness (QED) is 0.00953. The van der Waals surface area contributed by atoms with E-state index in [1.807, 2.05) is 0 Å². The third-order valence-corrected chi connectivity index (χ3v) is 11.9. The second kappa shape index (κ2) is 38.6. The van der Waals surface area contributed by atoms with Crippen LogP contribution in [-0.2, 0) is 62.0 Å². The molecule has 0 fully saturated rings. The Morgan fingerprint density at radius 3 is 1.24 bits per heavy atom. The summed E-state index contributed by atoms with van der Waals surface area (Å²) in [5, 5.41) is 9.55. The number of esters is 5. The smallest absolute Gasteiger partial charge is 0.379 e. The molecule has 0 saturated carbocycles. The van der Waals surface area contributed by atoms with Gasteiger partial charge in [0.1, 0.15) is 4.83 Å². The van der Waals surface area contributed by atoms with Crippen molar-refractivity contribution in [3.05, 3.63) is 154 Å². The highest BCUT2D eigenvalue weighted by atomic mass is 79.9. The Labute approximate surface area is 502 Å². The van der Waals surface area contributed by atoms with Crippen molar-refractivity contribution in [1.82, 2.24) is 0 Å². The minimum absolute atomic E-state index is 0.00798. The van der Waals surface area contributed by atoms with Crippen LogP contribution in [0.25, 0.3) is 5.57 Å². The molecule has 0 bridgehead atoms. The van der Waals surface area contributed by atoms with Gasteiger partial charge in [-0.05, 0) is 77.9 Å². The predicted octanol–water partition coefficient (Wildman–Crippen LogP) is 9.35. The van der Waals surface area contributed by atoms with Gasteiger partial charge in [-0.2, -0.15) is 8.42 Å². The summed E-state index contributed by atoms with van der Waals surface area (Å²) in [6.07, 6.45) is -2.58. The predicted molar refractivity (Wildman–Crippen MR) is 304 cm³/mol. The lowest BCUT2D eigenvalue weighted by Gasteiger charge is -2.16. The number of alkyl halides is 1. The summed E-state index contributed by atoms with van der Waals surface area (Å²) in [7, 11) is 2.57. The molecule has 0 amide bonds. The molecule has 28 heteroatoms. The maximum atomic E-state index is 14.1. The summed E-state index contributed by atoms with van der Waals surface area (Å²) >= 11 is 3.10. The van der Waals surface area contributed by atoms with Crippen LogP contribution in [-0.4, -0.2) is 124 Å². The first kappa shape index (κ1) is 75.7. The van der Waals surface area contributed by atoms with E-state index in [0.717, 1.165) is 6.26 Å². The van der Waals surface area contributed by atoms with E-state index in [2.05, 4.69) is 29.6 Å². The number of aliphatic hydroxyl groups is 1. The van der Waals surface area contributed by atoms with Crippen molar-refractivity contribution in [1.29, 1.82) is 0 Å². The van der Waals surface area contributed by atoms with Gasteiger partial charge >= 0.3 is 29.8 Å². The standard InChI is InChI=1S/C13H16FNO3.C12H15FO6S.C11H12BrFO3.C11H13FO4.C11H11FO4/c1-4-18-13(16)11(8(2)15)9-6-5-7-10(17-3)12(9)14;1-4-18-12(14)11(19-20(3,15)16)8-6-5-7-9(17-2)10(8)13;1-3-16-11(14)9(12)7-5-4-6-8(15-2)10(7)13;2*1-3-16-11(14)10(13)7-5-4-6-8(15-2)9(7)12/h5-7H,4,15H2,1-3H3;5-7,11H,4H2,1-3H3;4-6,9H,3H2,1-2H3;4-6,10,13H,3H2,1-2H3;4-6H,3H2,1-2H3/b11-8-;;;;. The highest BCUT2D eigenvalue weighted by Crippen LogP contribution is 2.33. The van der Waals surface area contributed by atoms with Crippen molar-refractivity contribution >= 4 is 67.3 Å². The molecule has 5 aromatic rings. The van der Waals surface area contributed by atoms with E-state index in [0.29, 0.717) is 0 Å². The number of aliphatic hydroxyl groups excluding tert-OH is 1. The van der Waals surface area contributed by atoms with E-state index >= 15 is 0 Å². The topological polar surface area (TPSA) is 284 Å². The number of benzene rings is 5. The number of hydrogen-bond donors (Lipinski definition) is 2. The molecular formula is C58H67BrF5NO20S. The van der Waals surface area contributed by atoms with Crippen molar-refractivity contribution in [2.45, 2.75) is 58.6 Å². The molecule has 0 aliphatic rings. The molecule has 0 spiro atoms. The van der Waals surface area contributed by atoms with E-state index < -0.39 is 91.9 Å². The summed E-state index contributed by atoms with van der Waals surface area (Å²) in [6, 6.07) is 21.3. The average molecular weight is 1310 g/mol. The Morgan fingerprint density at radius 1 is 0.488 bits per heavy atom. The molecule has 0 aromatic heterocycles. The number of ether oxygens (including phenoxy) is 10. The minimum atomic E-state index is -3.98. The molecule has 3 atom stereocenters. The van der Waals surface area contributed by atoms with Gasteiger partial charge in [0, 0.05) is 28.0 Å². The summed E-state index contributed by atoms with van der Waals surface area (Å²) in [6.45, 7) is 10.2. The van der Waals surface area contributed by atoms with Gasteiger partial charge in [0.05, 0.1) is 86.0 Å². The number of carbonyl (C=O) groups is 6. The number of carbonyl (C=O) groups excluding carboxylic acids is 6. The third kappa shape index (κ3) is 22.9. The molecule has 3 N–H and O–H groups in total. The molecule has 0 aliphatic heterocycles. The second-order valence-electron chi connectivity index (χ2n) is 16.3. The van der Waals surface area contributed by atoms with Crippen LogP contribution in [0, 0.1) is 29.1 Å². The summed E-state index contributed by atoms with van der Waals surface area (Å²) in [4.78, 5) is 67.9. The fourth-order valence-electron chi connectivity index (χ4n) is 6.67. The Bertz CT molecular complexity index is 3140.